The summed E-state index contributed by atoms with van der Waals surface area (Å²) in [5.74, 6) is 0.0542. The molecule has 0 radical (unpaired) electrons. The van der Waals surface area contributed by atoms with E-state index < -0.39 is 21.2 Å². The van der Waals surface area contributed by atoms with E-state index in [0.29, 0.717) is 0 Å². The van der Waals surface area contributed by atoms with Crippen molar-refractivity contribution in [1.29, 1.82) is 0 Å². The van der Waals surface area contributed by atoms with Crippen LogP contribution in [-0.4, -0.2) is 18.8 Å². The summed E-state index contributed by atoms with van der Waals surface area (Å²) in [7, 11) is -3.69. The molecule has 0 fully saturated rings. The first kappa shape index (κ1) is 16.6. The molecule has 0 saturated carbocycles. The normalized spacial score (nSPS) is 21.4. The molecule has 2 atom stereocenters. The predicted molar refractivity (Wildman–Crippen MR) is 92.4 cm³/mol. The van der Waals surface area contributed by atoms with Crippen molar-refractivity contribution < 1.29 is 18.3 Å². The highest BCUT2D eigenvalue weighted by molar-refractivity contribution is 7.92. The number of aliphatic hydroxyl groups excluding tert-OH is 1. The largest absolute Gasteiger partial charge is 0.507 e. The molecule has 4 nitrogen and oxygen atoms in total. The summed E-state index contributed by atoms with van der Waals surface area (Å²) < 4.78 is 31.7. The second kappa shape index (κ2) is 6.32. The van der Waals surface area contributed by atoms with Crippen LogP contribution >= 0.6 is 0 Å². The minimum atomic E-state index is -3.69. The Morgan fingerprint density at radius 1 is 1.00 bits per heavy atom. The molecule has 1 aliphatic rings. The number of ether oxygens (including phenoxy) is 1. The molecule has 0 aliphatic carbocycles. The summed E-state index contributed by atoms with van der Waals surface area (Å²) in [6, 6.07) is 16.1. The predicted octanol–water partition coefficient (Wildman–Crippen LogP) is 4.09. The van der Waals surface area contributed by atoms with Crippen molar-refractivity contribution in [3.8, 4) is 0 Å². The third kappa shape index (κ3) is 3.04. The van der Waals surface area contributed by atoms with Crippen LogP contribution in [0.2, 0.25) is 0 Å². The summed E-state index contributed by atoms with van der Waals surface area (Å²) >= 11 is 0. The van der Waals surface area contributed by atoms with Crippen LogP contribution in [0, 0.1) is 6.92 Å². The molecule has 0 aromatic heterocycles. The number of allylic oxidation sites excluding steroid dienone is 1. The van der Waals surface area contributed by atoms with Crippen LogP contribution in [0.1, 0.15) is 30.6 Å². The standard InChI is InChI=1S/C19H20O4S/c1-13-8-10-16(11-9-13)24(21,22)18-12-17(23-14(2)19(18)20)15-6-4-3-5-7-15/h3-11,17-18,20H,12H2,1-2H3/t17-,18-/m1/s1. The van der Waals surface area contributed by atoms with E-state index in [1.165, 1.54) is 0 Å². The second-order valence-electron chi connectivity index (χ2n) is 6.04. The van der Waals surface area contributed by atoms with Crippen LogP contribution in [0.15, 0.2) is 71.0 Å². The van der Waals surface area contributed by atoms with E-state index in [4.69, 9.17) is 4.74 Å². The lowest BCUT2D eigenvalue weighted by Gasteiger charge is -2.30. The van der Waals surface area contributed by atoms with Gasteiger partial charge in [0.1, 0.15) is 22.9 Å². The maximum Gasteiger partial charge on any atom is 0.188 e. The molecule has 1 heterocycles. The number of aryl methyl sites for hydroxylation is 1. The lowest BCUT2D eigenvalue weighted by molar-refractivity contribution is 0.0742. The molecular weight excluding hydrogens is 324 g/mol. The van der Waals surface area contributed by atoms with E-state index in [-0.39, 0.29) is 22.8 Å². The van der Waals surface area contributed by atoms with E-state index in [1.54, 1.807) is 31.2 Å². The SMILES string of the molecule is CC1=C(O)[C@H](S(=O)(=O)c2ccc(C)cc2)C[C@H](c2ccccc2)O1. The second-order valence-corrected chi connectivity index (χ2v) is 8.17. The first-order valence-corrected chi connectivity index (χ1v) is 9.36. The van der Waals surface area contributed by atoms with Gasteiger partial charge in [0.25, 0.3) is 0 Å². The fraction of sp³-hybridized carbons (Fsp3) is 0.263. The average Bonchev–Trinajstić information content (AvgIpc) is 2.58. The minimum Gasteiger partial charge on any atom is -0.507 e. The van der Waals surface area contributed by atoms with Gasteiger partial charge in [-0.25, -0.2) is 8.42 Å². The van der Waals surface area contributed by atoms with E-state index in [9.17, 15) is 13.5 Å². The monoisotopic (exact) mass is 344 g/mol. The molecule has 0 unspecified atom stereocenters. The molecule has 0 saturated heterocycles. The highest BCUT2D eigenvalue weighted by atomic mass is 32.2. The van der Waals surface area contributed by atoms with Crippen molar-refractivity contribution in [2.75, 3.05) is 0 Å². The highest BCUT2D eigenvalue weighted by Crippen LogP contribution is 2.38. The Morgan fingerprint density at radius 3 is 2.25 bits per heavy atom. The van der Waals surface area contributed by atoms with Gasteiger partial charge >= 0.3 is 0 Å². The topological polar surface area (TPSA) is 63.6 Å². The van der Waals surface area contributed by atoms with E-state index in [2.05, 4.69) is 0 Å². The zero-order valence-corrected chi connectivity index (χ0v) is 14.5. The number of benzene rings is 2. The number of hydrogen-bond acceptors (Lipinski definition) is 4. The molecule has 0 bridgehead atoms. The van der Waals surface area contributed by atoms with E-state index in [1.807, 2.05) is 37.3 Å². The Balaban J connectivity index is 1.99. The zero-order valence-electron chi connectivity index (χ0n) is 13.6. The smallest absolute Gasteiger partial charge is 0.188 e. The summed E-state index contributed by atoms with van der Waals surface area (Å²) in [5, 5.41) is 9.33. The summed E-state index contributed by atoms with van der Waals surface area (Å²) in [6.07, 6.45) is -0.212. The summed E-state index contributed by atoms with van der Waals surface area (Å²) in [4.78, 5) is 0.214. The van der Waals surface area contributed by atoms with Crippen LogP contribution < -0.4 is 0 Å². The molecule has 126 valence electrons. The molecule has 1 aliphatic heterocycles. The van der Waals surface area contributed by atoms with Gasteiger partial charge in [0, 0.05) is 6.42 Å². The third-order valence-corrected chi connectivity index (χ3v) is 6.40. The molecule has 0 spiro atoms. The lowest BCUT2D eigenvalue weighted by Crippen LogP contribution is -2.31. The Hall–Kier alpha value is -2.27. The quantitative estimate of drug-likeness (QED) is 0.911. The van der Waals surface area contributed by atoms with Gasteiger partial charge in [-0.05, 0) is 31.5 Å². The van der Waals surface area contributed by atoms with Crippen molar-refractivity contribution in [3.05, 3.63) is 77.2 Å². The van der Waals surface area contributed by atoms with E-state index >= 15 is 0 Å². The Kier molecular flexibility index (Phi) is 4.37. The van der Waals surface area contributed by atoms with Gasteiger partial charge in [-0.3, -0.25) is 0 Å². The fourth-order valence-corrected chi connectivity index (χ4v) is 4.62. The molecule has 24 heavy (non-hydrogen) atoms. The van der Waals surface area contributed by atoms with Crippen LogP contribution in [-0.2, 0) is 14.6 Å². The Bertz CT molecular complexity index is 852. The maximum atomic E-state index is 13.0. The molecule has 3 rings (SSSR count). The Labute approximate surface area is 142 Å². The van der Waals surface area contributed by atoms with Crippen LogP contribution in [0.5, 0.6) is 0 Å². The first-order chi connectivity index (χ1) is 11.4. The van der Waals surface area contributed by atoms with Gasteiger partial charge in [0.05, 0.1) is 4.90 Å². The number of rotatable bonds is 3. The van der Waals surface area contributed by atoms with Crippen molar-refractivity contribution >= 4 is 9.84 Å². The van der Waals surface area contributed by atoms with Gasteiger partial charge < -0.3 is 9.84 Å². The molecule has 2 aromatic carbocycles. The van der Waals surface area contributed by atoms with Crippen molar-refractivity contribution in [3.63, 3.8) is 0 Å². The highest BCUT2D eigenvalue weighted by Gasteiger charge is 2.39. The maximum absolute atomic E-state index is 13.0. The molecule has 1 N–H and O–H groups in total. The fourth-order valence-electron chi connectivity index (χ4n) is 2.89. The van der Waals surface area contributed by atoms with Gasteiger partial charge in [-0.1, -0.05) is 48.0 Å². The summed E-state index contributed by atoms with van der Waals surface area (Å²) in [5.41, 5.74) is 1.88. The number of aliphatic hydroxyl groups is 1. The minimum absolute atomic E-state index is 0.184. The van der Waals surface area contributed by atoms with Gasteiger partial charge in [0.15, 0.2) is 9.84 Å². The van der Waals surface area contributed by atoms with Crippen LogP contribution in [0.3, 0.4) is 0 Å². The van der Waals surface area contributed by atoms with Crippen molar-refractivity contribution in [2.24, 2.45) is 0 Å². The molecule has 5 heteroatoms. The molecule has 0 amide bonds. The molecular formula is C19H20O4S. The zero-order chi connectivity index (χ0) is 17.3. The Morgan fingerprint density at radius 2 is 1.62 bits per heavy atom. The van der Waals surface area contributed by atoms with E-state index in [0.717, 1.165) is 11.1 Å². The van der Waals surface area contributed by atoms with Crippen molar-refractivity contribution in [2.45, 2.75) is 36.5 Å². The molecule has 2 aromatic rings. The number of hydrogen-bond donors (Lipinski definition) is 1. The summed E-state index contributed by atoms with van der Waals surface area (Å²) in [6.45, 7) is 3.50. The van der Waals surface area contributed by atoms with Gasteiger partial charge in [-0.2, -0.15) is 0 Å². The average molecular weight is 344 g/mol. The van der Waals surface area contributed by atoms with Gasteiger partial charge in [-0.15, -0.1) is 0 Å². The number of sulfone groups is 1. The van der Waals surface area contributed by atoms with Crippen LogP contribution in [0.25, 0.3) is 0 Å². The van der Waals surface area contributed by atoms with Crippen LogP contribution in [0.4, 0.5) is 0 Å². The lowest BCUT2D eigenvalue weighted by atomic mass is 10.0. The first-order valence-electron chi connectivity index (χ1n) is 7.81. The van der Waals surface area contributed by atoms with Crippen molar-refractivity contribution in [1.82, 2.24) is 0 Å². The third-order valence-electron chi connectivity index (χ3n) is 4.31. The van der Waals surface area contributed by atoms with Gasteiger partial charge in [0.2, 0.25) is 0 Å².